The van der Waals surface area contributed by atoms with Crippen LogP contribution in [0.1, 0.15) is 52.4 Å². The van der Waals surface area contributed by atoms with Crippen molar-refractivity contribution >= 4 is 57.1 Å². The van der Waals surface area contributed by atoms with Crippen molar-refractivity contribution in [2.75, 3.05) is 39.3 Å². The molecule has 1 aromatic rings. The van der Waals surface area contributed by atoms with Crippen LogP contribution in [0.15, 0.2) is 23.1 Å². The summed E-state index contributed by atoms with van der Waals surface area (Å²) in [6.45, 7) is 6.16. The summed E-state index contributed by atoms with van der Waals surface area (Å²) in [5.41, 5.74) is 0. The van der Waals surface area contributed by atoms with E-state index in [-0.39, 0.29) is 65.3 Å². The van der Waals surface area contributed by atoms with E-state index in [1.54, 1.807) is 9.80 Å². The number of hydrogen-bond donors (Lipinski definition) is 2. The molecule has 15 heteroatoms. The Kier molecular flexibility index (Phi) is 12.3. The number of carbonyl (C=O) groups excluding carboxylic acids is 3. The molecule has 42 heavy (non-hydrogen) atoms. The largest absolute Gasteiger partial charge is 0.480 e. The van der Waals surface area contributed by atoms with Crippen LogP contribution in [0.25, 0.3) is 0 Å². The van der Waals surface area contributed by atoms with Crippen molar-refractivity contribution in [3.05, 3.63) is 28.2 Å². The van der Waals surface area contributed by atoms with Gasteiger partial charge in [0.25, 0.3) is 0 Å². The lowest BCUT2D eigenvalue weighted by molar-refractivity contribution is -0.143. The van der Waals surface area contributed by atoms with E-state index in [4.69, 9.17) is 27.9 Å². The van der Waals surface area contributed by atoms with Crippen molar-refractivity contribution in [1.82, 2.24) is 19.4 Å². The summed E-state index contributed by atoms with van der Waals surface area (Å²) in [6, 6.07) is 1.39. The van der Waals surface area contributed by atoms with Gasteiger partial charge in [0, 0.05) is 49.2 Å². The molecule has 2 fully saturated rings. The summed E-state index contributed by atoms with van der Waals surface area (Å²) in [4.78, 5) is 53.0. The number of ether oxygens (including phenoxy) is 1. The Morgan fingerprint density at radius 3 is 2.24 bits per heavy atom. The van der Waals surface area contributed by atoms with Crippen LogP contribution >= 0.6 is 23.2 Å². The first-order valence-electron chi connectivity index (χ1n) is 14.1. The molecule has 2 N–H and O–H groups in total. The second-order valence-corrected chi connectivity index (χ2v) is 13.2. The number of rotatable bonds is 12. The van der Waals surface area contributed by atoms with Crippen LogP contribution < -0.4 is 5.32 Å². The number of nitrogens with zero attached hydrogens (tertiary/aromatic N) is 3. The van der Waals surface area contributed by atoms with Gasteiger partial charge in [-0.25, -0.2) is 18.0 Å². The molecule has 3 rings (SSSR count). The number of benzene rings is 1. The first-order valence-corrected chi connectivity index (χ1v) is 16.3. The minimum atomic E-state index is -4.13. The number of amides is 3. The molecule has 2 aliphatic rings. The number of hydrogen-bond acceptors (Lipinski definition) is 7. The van der Waals surface area contributed by atoms with E-state index in [9.17, 15) is 32.7 Å². The molecule has 234 valence electrons. The van der Waals surface area contributed by atoms with Crippen LogP contribution in [0, 0.1) is 5.92 Å². The Hall–Kier alpha value is -2.61. The second kappa shape index (κ2) is 15.2. The Labute approximate surface area is 256 Å². The molecule has 0 unspecified atom stereocenters. The van der Waals surface area contributed by atoms with Crippen molar-refractivity contribution in [3.8, 4) is 0 Å². The SMILES string of the molecule is CCN(CC)C(=O)OCC1CCN(C(=O)CC[C@H](NC(=O)[C@@H]2CCCN2S(=O)(=O)c2cc(Cl)cc(Cl)c2)C(=O)O)CC1. The highest BCUT2D eigenvalue weighted by molar-refractivity contribution is 7.89. The van der Waals surface area contributed by atoms with Crippen LogP contribution in [-0.4, -0.2) is 103 Å². The van der Waals surface area contributed by atoms with Gasteiger partial charge >= 0.3 is 12.1 Å². The molecule has 12 nitrogen and oxygen atoms in total. The van der Waals surface area contributed by atoms with E-state index in [0.29, 0.717) is 45.4 Å². The first-order chi connectivity index (χ1) is 19.9. The quantitative estimate of drug-likeness (QED) is 0.350. The zero-order valence-corrected chi connectivity index (χ0v) is 26.1. The molecule has 0 saturated carbocycles. The molecule has 2 aliphatic heterocycles. The molecule has 1 aromatic carbocycles. The predicted octanol–water partition coefficient (Wildman–Crippen LogP) is 3.21. The number of halogens is 2. The Balaban J connectivity index is 1.52. The monoisotopic (exact) mass is 648 g/mol. The van der Waals surface area contributed by atoms with Crippen LogP contribution in [-0.2, 0) is 29.1 Å². The standard InChI is InChI=1S/C27H38Cl2N4O8S/c1-3-31(4-2)27(38)41-17-18-9-12-32(13-10-18)24(34)8-7-22(26(36)37)30-25(35)23-6-5-11-33(23)42(39,40)21-15-19(28)14-20(29)16-21/h14-16,18,22-23H,3-13,17H2,1-2H3,(H,30,35)(H,36,37)/t22-,23-/m0/s1. The maximum absolute atomic E-state index is 13.3. The van der Waals surface area contributed by atoms with Crippen LogP contribution in [0.5, 0.6) is 0 Å². The smallest absolute Gasteiger partial charge is 0.409 e. The molecule has 2 saturated heterocycles. The van der Waals surface area contributed by atoms with Crippen molar-refractivity contribution in [2.45, 2.75) is 69.4 Å². The lowest BCUT2D eigenvalue weighted by Gasteiger charge is -2.32. The first kappa shape index (κ1) is 33.9. The molecular weight excluding hydrogens is 611 g/mol. The lowest BCUT2D eigenvalue weighted by Crippen LogP contribution is -2.51. The topological polar surface area (TPSA) is 154 Å². The molecule has 0 radical (unpaired) electrons. The van der Waals surface area contributed by atoms with Gasteiger partial charge in [-0.05, 0) is 70.1 Å². The van der Waals surface area contributed by atoms with Gasteiger partial charge in [-0.1, -0.05) is 23.2 Å². The molecule has 0 bridgehead atoms. The third kappa shape index (κ3) is 8.71. The molecule has 0 aliphatic carbocycles. The number of nitrogens with one attached hydrogen (secondary N) is 1. The fourth-order valence-corrected chi connectivity index (χ4v) is 7.55. The average Bonchev–Trinajstić information content (AvgIpc) is 3.45. The van der Waals surface area contributed by atoms with E-state index in [1.807, 2.05) is 13.8 Å². The molecule has 3 amide bonds. The predicted molar refractivity (Wildman–Crippen MR) is 156 cm³/mol. The summed E-state index contributed by atoms with van der Waals surface area (Å²) in [5, 5.41) is 12.4. The minimum absolute atomic E-state index is 0.0748. The zero-order chi connectivity index (χ0) is 31.0. The molecule has 2 heterocycles. The van der Waals surface area contributed by atoms with Crippen LogP contribution in [0.2, 0.25) is 10.0 Å². The van der Waals surface area contributed by atoms with Gasteiger partial charge in [-0.3, -0.25) is 9.59 Å². The third-order valence-corrected chi connectivity index (χ3v) is 9.96. The normalized spacial score (nSPS) is 18.9. The minimum Gasteiger partial charge on any atom is -0.480 e. The number of carboxylic acids is 1. The molecule has 0 spiro atoms. The van der Waals surface area contributed by atoms with Crippen LogP contribution in [0.3, 0.4) is 0 Å². The summed E-state index contributed by atoms with van der Waals surface area (Å²) < 4.78 is 32.9. The molecule has 2 atom stereocenters. The maximum atomic E-state index is 13.3. The van der Waals surface area contributed by atoms with Gasteiger partial charge in [-0.15, -0.1) is 0 Å². The van der Waals surface area contributed by atoms with Gasteiger partial charge in [0.1, 0.15) is 12.1 Å². The number of piperidine rings is 1. The Morgan fingerprint density at radius 2 is 1.67 bits per heavy atom. The number of aliphatic carboxylic acids is 1. The fraction of sp³-hybridized carbons (Fsp3) is 0.630. The zero-order valence-electron chi connectivity index (χ0n) is 23.8. The van der Waals surface area contributed by atoms with Gasteiger partial charge in [0.05, 0.1) is 11.5 Å². The second-order valence-electron chi connectivity index (χ2n) is 10.4. The highest BCUT2D eigenvalue weighted by atomic mass is 35.5. The Morgan fingerprint density at radius 1 is 1.05 bits per heavy atom. The van der Waals surface area contributed by atoms with Crippen molar-refractivity contribution in [2.24, 2.45) is 5.92 Å². The van der Waals surface area contributed by atoms with E-state index in [0.717, 1.165) is 4.31 Å². The third-order valence-electron chi connectivity index (χ3n) is 7.64. The highest BCUT2D eigenvalue weighted by Crippen LogP contribution is 2.30. The molecule has 0 aromatic heterocycles. The summed E-state index contributed by atoms with van der Waals surface area (Å²) >= 11 is 11.9. The van der Waals surface area contributed by atoms with Crippen molar-refractivity contribution in [1.29, 1.82) is 0 Å². The van der Waals surface area contributed by atoms with Crippen molar-refractivity contribution < 1.29 is 37.4 Å². The van der Waals surface area contributed by atoms with E-state index >= 15 is 0 Å². The van der Waals surface area contributed by atoms with E-state index in [1.165, 1.54) is 18.2 Å². The van der Waals surface area contributed by atoms with Gasteiger partial charge in [0.15, 0.2) is 0 Å². The number of carbonyl (C=O) groups is 4. The van der Waals surface area contributed by atoms with E-state index < -0.39 is 34.0 Å². The number of likely N-dealkylation sites (tertiary alicyclic amines) is 1. The van der Waals surface area contributed by atoms with E-state index in [2.05, 4.69) is 5.32 Å². The highest BCUT2D eigenvalue weighted by Gasteiger charge is 2.41. The van der Waals surface area contributed by atoms with Crippen LogP contribution in [0.4, 0.5) is 4.79 Å². The summed E-state index contributed by atoms with van der Waals surface area (Å²) in [6.07, 6.45) is 1.32. The van der Waals surface area contributed by atoms with Gasteiger partial charge < -0.3 is 25.0 Å². The summed E-state index contributed by atoms with van der Waals surface area (Å²) in [7, 11) is -4.13. The molecular formula is C27H38Cl2N4O8S. The average molecular weight is 650 g/mol. The summed E-state index contributed by atoms with van der Waals surface area (Å²) in [5.74, 6) is -2.17. The number of carboxylic acid groups (broad SMARTS) is 1. The maximum Gasteiger partial charge on any atom is 0.409 e. The van der Waals surface area contributed by atoms with Gasteiger partial charge in [-0.2, -0.15) is 4.31 Å². The van der Waals surface area contributed by atoms with Gasteiger partial charge in [0.2, 0.25) is 21.8 Å². The Bertz CT molecular complexity index is 1230. The lowest BCUT2D eigenvalue weighted by atomic mass is 9.97. The number of sulfonamides is 1. The van der Waals surface area contributed by atoms with Crippen molar-refractivity contribution in [3.63, 3.8) is 0 Å². The fourth-order valence-electron chi connectivity index (χ4n) is 5.17.